The Hall–Kier alpha value is -2.87. The van der Waals surface area contributed by atoms with Gasteiger partial charge in [0, 0.05) is 42.6 Å². The molecule has 9 nitrogen and oxygen atoms in total. The van der Waals surface area contributed by atoms with Gasteiger partial charge in [0.05, 0.1) is 6.54 Å². The summed E-state index contributed by atoms with van der Waals surface area (Å²) in [4.78, 5) is 29.3. The Morgan fingerprint density at radius 1 is 0.783 bits per heavy atom. The van der Waals surface area contributed by atoms with Crippen LogP contribution >= 0.6 is 11.6 Å². The average molecular weight is 688 g/mol. The van der Waals surface area contributed by atoms with Crippen LogP contribution in [-0.2, 0) is 10.2 Å². The fraction of sp³-hybridized carbons (Fsp3) is 0.562. The summed E-state index contributed by atoms with van der Waals surface area (Å²) in [6, 6.07) is 6.42. The third kappa shape index (κ3) is 8.93. The molecule has 1 aliphatic rings. The molecule has 46 heavy (non-hydrogen) atoms. The molecule has 3 rings (SSSR count). The number of carbonyl (C=O) groups excluding carboxylic acids is 2. The molecule has 0 aliphatic carbocycles. The van der Waals surface area contributed by atoms with Gasteiger partial charge in [-0.3, -0.25) is 4.90 Å². The van der Waals surface area contributed by atoms with Gasteiger partial charge in [0.25, 0.3) is 0 Å². The van der Waals surface area contributed by atoms with Crippen molar-refractivity contribution in [3.63, 3.8) is 0 Å². The highest BCUT2D eigenvalue weighted by Gasteiger charge is 2.42. The van der Waals surface area contributed by atoms with E-state index >= 15 is 0 Å². The van der Waals surface area contributed by atoms with Crippen LogP contribution in [0.2, 0.25) is 5.02 Å². The molecule has 1 aliphatic heterocycles. The molecule has 0 unspecified atom stereocenters. The molecule has 1 heterocycles. The van der Waals surface area contributed by atoms with E-state index in [1.54, 1.807) is 12.1 Å². The van der Waals surface area contributed by atoms with Gasteiger partial charge in [-0.1, -0.05) is 85.2 Å². The molecule has 256 valence electrons. The number of piperazine rings is 1. The first-order chi connectivity index (χ1) is 21.2. The minimum atomic E-state index is -4.86. The van der Waals surface area contributed by atoms with Gasteiger partial charge < -0.3 is 10.6 Å². The van der Waals surface area contributed by atoms with Crippen molar-refractivity contribution in [1.82, 2.24) is 13.5 Å². The van der Waals surface area contributed by atoms with Crippen LogP contribution < -0.4 is 10.6 Å². The highest BCUT2D eigenvalue weighted by molar-refractivity contribution is 7.87. The lowest BCUT2D eigenvalue weighted by Crippen LogP contribution is -2.58. The Morgan fingerprint density at radius 3 is 1.54 bits per heavy atom. The Kier molecular flexibility index (Phi) is 12.2. The van der Waals surface area contributed by atoms with Gasteiger partial charge in [0.15, 0.2) is 0 Å². The molecular formula is C32H45ClF3N5O4S. The zero-order valence-electron chi connectivity index (χ0n) is 27.6. The van der Waals surface area contributed by atoms with Crippen LogP contribution in [0.25, 0.3) is 0 Å². The highest BCUT2D eigenvalue weighted by Crippen LogP contribution is 2.37. The maximum absolute atomic E-state index is 14.1. The third-order valence-electron chi connectivity index (χ3n) is 7.91. The number of halogens is 4. The van der Waals surface area contributed by atoms with Crippen LogP contribution in [-0.4, -0.2) is 72.9 Å². The summed E-state index contributed by atoms with van der Waals surface area (Å²) in [5, 5.41) is 5.86. The van der Waals surface area contributed by atoms with Gasteiger partial charge in [-0.15, -0.1) is 4.31 Å². The number of rotatable bonds is 9. The van der Waals surface area contributed by atoms with Crippen LogP contribution in [0.4, 0.5) is 34.1 Å². The van der Waals surface area contributed by atoms with Crippen LogP contribution in [0.3, 0.4) is 0 Å². The molecule has 14 heteroatoms. The zero-order valence-corrected chi connectivity index (χ0v) is 29.2. The molecule has 0 spiro atoms. The van der Waals surface area contributed by atoms with Crippen molar-refractivity contribution in [3.05, 3.63) is 57.6 Å². The molecule has 2 N–H and O–H groups in total. The van der Waals surface area contributed by atoms with Gasteiger partial charge in [0.2, 0.25) is 0 Å². The SMILES string of the molecule is CC(C)c1cccc(C(C)C)c1NC(=O)N(C(=O)Nc1c(C(C)C)cc(Cl)cc1C(C)C)S(=O)(=O)N1CCN(CC(F)(F)F)CC1. The van der Waals surface area contributed by atoms with E-state index in [-0.39, 0.29) is 54.2 Å². The van der Waals surface area contributed by atoms with Crippen LogP contribution in [0.5, 0.6) is 0 Å². The normalized spacial score (nSPS) is 15.2. The smallest absolute Gasteiger partial charge is 0.306 e. The van der Waals surface area contributed by atoms with Crippen LogP contribution in [0, 0.1) is 0 Å². The first-order valence-corrected chi connectivity index (χ1v) is 17.2. The number of hydrogen-bond acceptors (Lipinski definition) is 5. The number of anilines is 2. The Balaban J connectivity index is 2.11. The predicted molar refractivity (Wildman–Crippen MR) is 177 cm³/mol. The average Bonchev–Trinajstić information content (AvgIpc) is 2.92. The van der Waals surface area contributed by atoms with Gasteiger partial charge in [-0.05, 0) is 58.1 Å². The van der Waals surface area contributed by atoms with Crippen LogP contribution in [0.15, 0.2) is 30.3 Å². The number of amides is 4. The number of benzene rings is 2. The predicted octanol–water partition coefficient (Wildman–Crippen LogP) is 8.32. The number of para-hydroxylation sites is 1. The van der Waals surface area contributed by atoms with E-state index in [1.807, 2.05) is 73.6 Å². The molecule has 4 amide bonds. The van der Waals surface area contributed by atoms with E-state index in [0.29, 0.717) is 27.5 Å². The Bertz CT molecular complexity index is 1470. The molecule has 2 aromatic rings. The summed E-state index contributed by atoms with van der Waals surface area (Å²) in [5.41, 5.74) is 3.54. The minimum Gasteiger partial charge on any atom is -0.306 e. The van der Waals surface area contributed by atoms with Crippen molar-refractivity contribution in [2.45, 2.75) is 85.2 Å². The van der Waals surface area contributed by atoms with E-state index in [1.165, 1.54) is 0 Å². The summed E-state index contributed by atoms with van der Waals surface area (Å²) in [6.07, 6.45) is -4.45. The number of nitrogens with one attached hydrogen (secondary N) is 2. The standard InChI is InChI=1S/C32H45ClF3N5O4S/c1-19(2)24-10-9-11-25(20(3)4)28(24)37-30(42)41(46(44,45)40-14-12-39(13-15-40)18-32(34,35)36)31(43)38-29-26(21(5)6)16-23(33)17-27(29)22(7)8/h9-11,16-17,19-22H,12-15,18H2,1-8H3,(H,37,42)(H,38,43). The zero-order chi connectivity index (χ0) is 34.7. The molecule has 0 atom stereocenters. The lowest BCUT2D eigenvalue weighted by molar-refractivity contribution is -0.148. The highest BCUT2D eigenvalue weighted by atomic mass is 35.5. The first kappa shape index (κ1) is 37.6. The molecule has 1 fully saturated rings. The quantitative estimate of drug-likeness (QED) is 0.276. The molecule has 0 saturated carbocycles. The van der Waals surface area contributed by atoms with Crippen molar-refractivity contribution in [3.8, 4) is 0 Å². The number of hydrogen-bond donors (Lipinski definition) is 2. The number of urea groups is 2. The summed E-state index contributed by atoms with van der Waals surface area (Å²) in [7, 11) is -4.86. The summed E-state index contributed by atoms with van der Waals surface area (Å²) in [6.45, 7) is 13.0. The van der Waals surface area contributed by atoms with Crippen molar-refractivity contribution >= 4 is 45.2 Å². The Morgan fingerprint density at radius 2 is 1.17 bits per heavy atom. The molecule has 1 saturated heterocycles. The second-order valence-electron chi connectivity index (χ2n) is 12.8. The first-order valence-electron chi connectivity index (χ1n) is 15.4. The maximum atomic E-state index is 14.1. The molecule has 0 bridgehead atoms. The van der Waals surface area contributed by atoms with Crippen molar-refractivity contribution in [1.29, 1.82) is 0 Å². The second kappa shape index (κ2) is 14.9. The largest absolute Gasteiger partial charge is 0.401 e. The third-order valence-corrected chi connectivity index (χ3v) is 9.93. The molecular weight excluding hydrogens is 643 g/mol. The van der Waals surface area contributed by atoms with E-state index in [4.69, 9.17) is 11.6 Å². The number of carbonyl (C=O) groups is 2. The molecule has 0 aromatic heterocycles. The number of alkyl halides is 3. The van der Waals surface area contributed by atoms with Crippen molar-refractivity contribution < 1.29 is 31.2 Å². The topological polar surface area (TPSA) is 102 Å². The lowest BCUT2D eigenvalue weighted by Gasteiger charge is -2.36. The number of imide groups is 1. The van der Waals surface area contributed by atoms with Gasteiger partial charge in [0.1, 0.15) is 0 Å². The van der Waals surface area contributed by atoms with E-state index in [9.17, 15) is 31.2 Å². The molecule has 2 aromatic carbocycles. The van der Waals surface area contributed by atoms with Gasteiger partial charge >= 0.3 is 28.4 Å². The number of nitrogens with zero attached hydrogens (tertiary/aromatic N) is 3. The summed E-state index contributed by atoms with van der Waals surface area (Å²) in [5.74, 6) is -0.353. The summed E-state index contributed by atoms with van der Waals surface area (Å²) < 4.78 is 68.3. The molecule has 0 radical (unpaired) electrons. The van der Waals surface area contributed by atoms with Gasteiger partial charge in [-0.25, -0.2) is 9.59 Å². The van der Waals surface area contributed by atoms with E-state index < -0.39 is 35.0 Å². The fourth-order valence-corrected chi connectivity index (χ4v) is 7.11. The monoisotopic (exact) mass is 687 g/mol. The van der Waals surface area contributed by atoms with Crippen molar-refractivity contribution in [2.75, 3.05) is 43.4 Å². The van der Waals surface area contributed by atoms with Crippen molar-refractivity contribution in [2.24, 2.45) is 0 Å². The maximum Gasteiger partial charge on any atom is 0.401 e. The van der Waals surface area contributed by atoms with E-state index in [2.05, 4.69) is 10.6 Å². The Labute approximate surface area is 275 Å². The minimum absolute atomic E-state index is 0.0501. The fourth-order valence-electron chi connectivity index (χ4n) is 5.50. The van der Waals surface area contributed by atoms with E-state index in [0.717, 1.165) is 20.3 Å². The summed E-state index contributed by atoms with van der Waals surface area (Å²) >= 11 is 6.39. The van der Waals surface area contributed by atoms with Gasteiger partial charge in [-0.2, -0.15) is 25.9 Å². The lowest BCUT2D eigenvalue weighted by atomic mass is 9.92. The van der Waals surface area contributed by atoms with Crippen LogP contribution in [0.1, 0.15) is 101 Å². The second-order valence-corrected chi connectivity index (χ2v) is 15.0.